The van der Waals surface area contributed by atoms with E-state index in [4.69, 9.17) is 20.4 Å². The predicted octanol–water partition coefficient (Wildman–Crippen LogP) is 0.220. The van der Waals surface area contributed by atoms with Crippen molar-refractivity contribution in [2.75, 3.05) is 6.61 Å². The fraction of sp³-hybridized carbons (Fsp3) is 0.250. The highest BCUT2D eigenvalue weighted by Gasteiger charge is 2.22. The Kier molecular flexibility index (Phi) is 3.74. The van der Waals surface area contributed by atoms with Crippen molar-refractivity contribution in [2.45, 2.75) is 13.0 Å². The van der Waals surface area contributed by atoms with Gasteiger partial charge in [0.25, 0.3) is 5.91 Å². The Labute approximate surface area is 114 Å². The first-order chi connectivity index (χ1) is 9.51. The van der Waals surface area contributed by atoms with Gasteiger partial charge in [0.15, 0.2) is 6.10 Å². The van der Waals surface area contributed by atoms with Gasteiger partial charge in [-0.3, -0.25) is 10.1 Å². The van der Waals surface area contributed by atoms with Crippen LogP contribution in [0.1, 0.15) is 12.5 Å². The van der Waals surface area contributed by atoms with Crippen LogP contribution in [-0.2, 0) is 4.79 Å². The minimum absolute atomic E-state index is 0.174. The van der Waals surface area contributed by atoms with Gasteiger partial charge < -0.3 is 20.4 Å². The molecule has 8 heteroatoms. The van der Waals surface area contributed by atoms with Crippen molar-refractivity contribution < 1.29 is 24.3 Å². The lowest BCUT2D eigenvalue weighted by molar-refractivity contribution is -0.126. The molecule has 4 N–H and O–H groups in total. The van der Waals surface area contributed by atoms with Crippen LogP contribution in [-0.4, -0.2) is 35.6 Å². The summed E-state index contributed by atoms with van der Waals surface area (Å²) in [5, 5.41) is 13.8. The van der Waals surface area contributed by atoms with Crippen LogP contribution in [0.4, 0.5) is 4.79 Å². The molecule has 0 bridgehead atoms. The molecule has 1 heterocycles. The molecule has 1 unspecified atom stereocenters. The third-order valence-corrected chi connectivity index (χ3v) is 2.68. The number of hydrogen-bond acceptors (Lipinski definition) is 6. The Hall–Kier alpha value is -2.77. The summed E-state index contributed by atoms with van der Waals surface area (Å²) in [5.74, 6) is 0.240. The van der Waals surface area contributed by atoms with E-state index in [1.54, 1.807) is 18.2 Å². The third-order valence-electron chi connectivity index (χ3n) is 2.68. The summed E-state index contributed by atoms with van der Waals surface area (Å²) in [4.78, 5) is 22.0. The SMILES string of the molecule is CC(Oc1ccc2c(c1)OCC2=NO)C(=O)NC(N)=O. The fourth-order valence-electron chi connectivity index (χ4n) is 1.72. The number of rotatable bonds is 3. The number of nitrogens with one attached hydrogen (secondary N) is 1. The smallest absolute Gasteiger partial charge is 0.318 e. The first-order valence-electron chi connectivity index (χ1n) is 5.76. The van der Waals surface area contributed by atoms with Gasteiger partial charge in [-0.05, 0) is 19.1 Å². The lowest BCUT2D eigenvalue weighted by Crippen LogP contribution is -2.42. The molecule has 0 aliphatic carbocycles. The zero-order chi connectivity index (χ0) is 14.7. The van der Waals surface area contributed by atoms with Crippen LogP contribution >= 0.6 is 0 Å². The van der Waals surface area contributed by atoms with Crippen LogP contribution in [0.2, 0.25) is 0 Å². The molecule has 1 aliphatic heterocycles. The summed E-state index contributed by atoms with van der Waals surface area (Å²) in [6.07, 6.45) is -0.895. The van der Waals surface area contributed by atoms with Crippen molar-refractivity contribution in [3.63, 3.8) is 0 Å². The monoisotopic (exact) mass is 279 g/mol. The van der Waals surface area contributed by atoms with E-state index in [0.29, 0.717) is 22.8 Å². The summed E-state index contributed by atoms with van der Waals surface area (Å²) in [7, 11) is 0. The van der Waals surface area contributed by atoms with Gasteiger partial charge in [-0.25, -0.2) is 4.79 Å². The number of oxime groups is 1. The maximum atomic E-state index is 11.5. The van der Waals surface area contributed by atoms with E-state index >= 15 is 0 Å². The zero-order valence-electron chi connectivity index (χ0n) is 10.6. The fourth-order valence-corrected chi connectivity index (χ4v) is 1.72. The van der Waals surface area contributed by atoms with Crippen molar-refractivity contribution >= 4 is 17.6 Å². The number of primary amides is 1. The maximum Gasteiger partial charge on any atom is 0.318 e. The maximum absolute atomic E-state index is 11.5. The summed E-state index contributed by atoms with van der Waals surface area (Å²) >= 11 is 0. The second kappa shape index (κ2) is 5.47. The molecular weight excluding hydrogens is 266 g/mol. The number of urea groups is 1. The molecular formula is C12H13N3O5. The molecule has 1 aromatic carbocycles. The van der Waals surface area contributed by atoms with Gasteiger partial charge >= 0.3 is 6.03 Å². The highest BCUT2D eigenvalue weighted by atomic mass is 16.5. The Bertz CT molecular complexity index is 584. The van der Waals surface area contributed by atoms with Gasteiger partial charge in [0, 0.05) is 11.6 Å². The van der Waals surface area contributed by atoms with Gasteiger partial charge in [-0.1, -0.05) is 5.16 Å². The standard InChI is InChI=1S/C12H13N3O5/c1-6(11(16)14-12(13)17)20-7-2-3-8-9(15-18)5-19-10(8)4-7/h2-4,6,18H,5H2,1H3,(H3,13,14,16,17). The van der Waals surface area contributed by atoms with Crippen LogP contribution in [0.15, 0.2) is 23.4 Å². The minimum atomic E-state index is -0.938. The number of nitrogens with two attached hydrogens (primary N) is 1. The van der Waals surface area contributed by atoms with E-state index in [1.807, 2.05) is 5.32 Å². The highest BCUT2D eigenvalue weighted by Crippen LogP contribution is 2.30. The number of carbonyl (C=O) groups is 2. The van der Waals surface area contributed by atoms with Crippen molar-refractivity contribution in [2.24, 2.45) is 10.9 Å². The lowest BCUT2D eigenvalue weighted by atomic mass is 10.1. The second-order valence-electron chi connectivity index (χ2n) is 4.11. The van der Waals surface area contributed by atoms with Gasteiger partial charge in [0.2, 0.25) is 0 Å². The Morgan fingerprint density at radius 2 is 2.30 bits per heavy atom. The largest absolute Gasteiger partial charge is 0.486 e. The normalized spacial score (nSPS) is 16.1. The van der Waals surface area contributed by atoms with Crippen LogP contribution in [0.5, 0.6) is 11.5 Å². The van der Waals surface area contributed by atoms with Crippen molar-refractivity contribution in [3.8, 4) is 11.5 Å². The average Bonchev–Trinajstić information content (AvgIpc) is 2.80. The highest BCUT2D eigenvalue weighted by molar-refractivity contribution is 6.06. The van der Waals surface area contributed by atoms with E-state index in [0.717, 1.165) is 0 Å². The molecule has 20 heavy (non-hydrogen) atoms. The molecule has 0 saturated heterocycles. The molecule has 0 saturated carbocycles. The number of ether oxygens (including phenoxy) is 2. The third kappa shape index (κ3) is 2.79. The van der Waals surface area contributed by atoms with Crippen LogP contribution < -0.4 is 20.5 Å². The topological polar surface area (TPSA) is 123 Å². The number of carbonyl (C=O) groups excluding carboxylic acids is 2. The van der Waals surface area contributed by atoms with Gasteiger partial charge in [-0.2, -0.15) is 0 Å². The lowest BCUT2D eigenvalue weighted by Gasteiger charge is -2.13. The number of nitrogens with zero attached hydrogens (tertiary/aromatic N) is 1. The molecule has 2 rings (SSSR count). The molecule has 0 fully saturated rings. The molecule has 1 aromatic rings. The average molecular weight is 279 g/mol. The van der Waals surface area contributed by atoms with Crippen molar-refractivity contribution in [1.82, 2.24) is 5.32 Å². The number of benzene rings is 1. The summed E-state index contributed by atoms with van der Waals surface area (Å²) in [6.45, 7) is 1.65. The van der Waals surface area contributed by atoms with Gasteiger partial charge in [0.05, 0.1) is 0 Å². The zero-order valence-corrected chi connectivity index (χ0v) is 10.6. The van der Waals surface area contributed by atoms with E-state index in [2.05, 4.69) is 5.16 Å². The predicted molar refractivity (Wildman–Crippen MR) is 68.1 cm³/mol. The molecule has 0 spiro atoms. The van der Waals surface area contributed by atoms with E-state index in [-0.39, 0.29) is 6.61 Å². The molecule has 106 valence electrons. The first kappa shape index (κ1) is 13.7. The van der Waals surface area contributed by atoms with Crippen LogP contribution in [0.3, 0.4) is 0 Å². The molecule has 0 aromatic heterocycles. The second-order valence-corrected chi connectivity index (χ2v) is 4.11. The number of imide groups is 1. The number of hydrogen-bond donors (Lipinski definition) is 3. The summed E-state index contributed by atoms with van der Waals surface area (Å²) < 4.78 is 10.7. The Morgan fingerprint density at radius 1 is 1.55 bits per heavy atom. The van der Waals surface area contributed by atoms with Crippen LogP contribution in [0, 0.1) is 0 Å². The summed E-state index contributed by atoms with van der Waals surface area (Å²) in [5.41, 5.74) is 5.93. The van der Waals surface area contributed by atoms with Crippen molar-refractivity contribution in [3.05, 3.63) is 23.8 Å². The molecule has 3 amide bonds. The minimum Gasteiger partial charge on any atom is -0.486 e. The number of amides is 3. The van der Waals surface area contributed by atoms with Gasteiger partial charge in [0.1, 0.15) is 23.8 Å². The molecule has 0 radical (unpaired) electrons. The quantitative estimate of drug-likeness (QED) is 0.539. The molecule has 1 aliphatic rings. The van der Waals surface area contributed by atoms with E-state index < -0.39 is 18.0 Å². The van der Waals surface area contributed by atoms with Crippen molar-refractivity contribution in [1.29, 1.82) is 0 Å². The Balaban J connectivity index is 2.08. The first-order valence-corrected chi connectivity index (χ1v) is 5.76. The molecule has 1 atom stereocenters. The van der Waals surface area contributed by atoms with E-state index in [9.17, 15) is 9.59 Å². The van der Waals surface area contributed by atoms with Gasteiger partial charge in [-0.15, -0.1) is 0 Å². The summed E-state index contributed by atoms with van der Waals surface area (Å²) in [6, 6.07) is 3.89. The molecule has 8 nitrogen and oxygen atoms in total. The Morgan fingerprint density at radius 3 is 2.95 bits per heavy atom. The number of fused-ring (bicyclic) bond motifs is 1. The van der Waals surface area contributed by atoms with Crippen LogP contribution in [0.25, 0.3) is 0 Å². The van der Waals surface area contributed by atoms with E-state index in [1.165, 1.54) is 6.92 Å².